The van der Waals surface area contributed by atoms with Gasteiger partial charge in [0.1, 0.15) is 0 Å². The first-order valence-electron chi connectivity index (χ1n) is 8.94. The van der Waals surface area contributed by atoms with Gasteiger partial charge < -0.3 is 10.1 Å². The van der Waals surface area contributed by atoms with Gasteiger partial charge >= 0.3 is 0 Å². The molecule has 3 aliphatic heterocycles. The summed E-state index contributed by atoms with van der Waals surface area (Å²) in [5.74, 6) is 0.402. The Bertz CT molecular complexity index is 852. The number of benzene rings is 1. The molecule has 4 heterocycles. The summed E-state index contributed by atoms with van der Waals surface area (Å²) in [6.45, 7) is 2.36. The highest BCUT2D eigenvalue weighted by Gasteiger charge is 2.60. The first-order valence-corrected chi connectivity index (χ1v) is 9.75. The lowest BCUT2D eigenvalue weighted by Crippen LogP contribution is -2.65. The van der Waals surface area contributed by atoms with E-state index >= 15 is 0 Å². The average Bonchev–Trinajstić information content (AvgIpc) is 3.29. The Morgan fingerprint density at radius 2 is 2.08 bits per heavy atom. The van der Waals surface area contributed by atoms with Crippen molar-refractivity contribution in [3.8, 4) is 5.75 Å². The van der Waals surface area contributed by atoms with Gasteiger partial charge in [0.15, 0.2) is 11.6 Å². The molecule has 4 fully saturated rings. The number of thiophene rings is 1. The molecule has 1 aromatic carbocycles. The molecule has 1 N–H and O–H groups in total. The molecule has 2 bridgehead atoms. The maximum atomic E-state index is 13.9. The van der Waals surface area contributed by atoms with Gasteiger partial charge in [0, 0.05) is 16.3 Å². The van der Waals surface area contributed by atoms with Crippen LogP contribution >= 0.6 is 11.3 Å². The molecule has 6 heteroatoms. The Balaban J connectivity index is 1.42. The predicted molar refractivity (Wildman–Crippen MR) is 95.9 cm³/mol. The highest BCUT2D eigenvalue weighted by atomic mass is 32.1. The van der Waals surface area contributed by atoms with Crippen molar-refractivity contribution in [3.05, 3.63) is 28.9 Å². The van der Waals surface area contributed by atoms with E-state index in [1.165, 1.54) is 63.3 Å². The SMILES string of the molecule is COc1cc2sc(C(=O)N[C@H]3C4CCN(CC4)C34CC4)cc2cc1F. The second-order valence-corrected chi connectivity index (χ2v) is 8.60. The molecule has 1 saturated carbocycles. The zero-order chi connectivity index (χ0) is 17.2. The molecule has 3 saturated heterocycles. The smallest absolute Gasteiger partial charge is 0.261 e. The van der Waals surface area contributed by atoms with Crippen molar-refractivity contribution in [2.24, 2.45) is 5.92 Å². The molecule has 1 amide bonds. The van der Waals surface area contributed by atoms with Crippen molar-refractivity contribution in [2.45, 2.75) is 37.3 Å². The van der Waals surface area contributed by atoms with Gasteiger partial charge in [0.2, 0.25) is 0 Å². The van der Waals surface area contributed by atoms with Crippen molar-refractivity contribution in [1.82, 2.24) is 10.2 Å². The summed E-state index contributed by atoms with van der Waals surface area (Å²) in [4.78, 5) is 16.1. The van der Waals surface area contributed by atoms with Gasteiger partial charge in [-0.05, 0) is 62.2 Å². The Hall–Kier alpha value is -1.66. The van der Waals surface area contributed by atoms with Crippen molar-refractivity contribution >= 4 is 27.3 Å². The number of carbonyl (C=O) groups excluding carboxylic acids is 1. The van der Waals surface area contributed by atoms with Crippen LogP contribution in [0.25, 0.3) is 10.1 Å². The molecule has 25 heavy (non-hydrogen) atoms. The van der Waals surface area contributed by atoms with Crippen LogP contribution in [-0.2, 0) is 0 Å². The molecule has 1 aromatic heterocycles. The number of piperidine rings is 3. The van der Waals surface area contributed by atoms with Crippen LogP contribution in [0.1, 0.15) is 35.4 Å². The van der Waals surface area contributed by atoms with Crippen LogP contribution in [0.5, 0.6) is 5.75 Å². The van der Waals surface area contributed by atoms with E-state index in [-0.39, 0.29) is 23.2 Å². The molecule has 0 unspecified atom stereocenters. The zero-order valence-electron chi connectivity index (χ0n) is 14.2. The summed E-state index contributed by atoms with van der Waals surface area (Å²) in [5.41, 5.74) is 0.225. The van der Waals surface area contributed by atoms with Crippen LogP contribution in [0.4, 0.5) is 4.39 Å². The van der Waals surface area contributed by atoms with E-state index in [2.05, 4.69) is 10.2 Å². The largest absolute Gasteiger partial charge is 0.494 e. The second kappa shape index (κ2) is 5.42. The fraction of sp³-hybridized carbons (Fsp3) is 0.526. The standard InChI is InChI=1S/C19H21FN2O2S/c1-24-14-10-15-12(8-13(14)20)9-16(25-15)18(23)21-17-11-2-6-22(7-3-11)19(17)4-5-19/h8-11,17H,2-7H2,1H3,(H,21,23)/t17-/m0/s1. The molecular formula is C19H21FN2O2S. The molecule has 4 aliphatic rings. The van der Waals surface area contributed by atoms with E-state index in [0.29, 0.717) is 10.8 Å². The fourth-order valence-corrected chi connectivity index (χ4v) is 5.82. The van der Waals surface area contributed by atoms with Gasteiger partial charge in [-0.3, -0.25) is 9.69 Å². The molecule has 2 aromatic rings. The minimum Gasteiger partial charge on any atom is -0.494 e. The van der Waals surface area contributed by atoms with E-state index in [1.54, 1.807) is 12.1 Å². The van der Waals surface area contributed by atoms with Gasteiger partial charge in [0.05, 0.1) is 18.0 Å². The lowest BCUT2D eigenvalue weighted by Gasteiger charge is -2.52. The minimum atomic E-state index is -0.394. The number of nitrogens with zero attached hydrogens (tertiary/aromatic N) is 1. The van der Waals surface area contributed by atoms with Gasteiger partial charge in [0.25, 0.3) is 5.91 Å². The number of amides is 1. The van der Waals surface area contributed by atoms with Crippen LogP contribution < -0.4 is 10.1 Å². The summed E-state index contributed by atoms with van der Waals surface area (Å²) in [6.07, 6.45) is 4.76. The first kappa shape index (κ1) is 15.6. The van der Waals surface area contributed by atoms with Crippen LogP contribution in [0.3, 0.4) is 0 Å². The lowest BCUT2D eigenvalue weighted by atomic mass is 9.77. The average molecular weight is 360 g/mol. The zero-order valence-corrected chi connectivity index (χ0v) is 15.0. The van der Waals surface area contributed by atoms with Crippen molar-refractivity contribution < 1.29 is 13.9 Å². The summed E-state index contributed by atoms with van der Waals surface area (Å²) in [6, 6.07) is 5.17. The summed E-state index contributed by atoms with van der Waals surface area (Å²) >= 11 is 1.40. The Labute approximate surface area is 150 Å². The molecular weight excluding hydrogens is 339 g/mol. The predicted octanol–water partition coefficient (Wildman–Crippen LogP) is 3.41. The first-order chi connectivity index (χ1) is 12.1. The molecule has 132 valence electrons. The third kappa shape index (κ3) is 2.30. The summed E-state index contributed by atoms with van der Waals surface area (Å²) in [7, 11) is 1.45. The highest BCUT2D eigenvalue weighted by Crippen LogP contribution is 2.53. The number of hydrogen-bond donors (Lipinski definition) is 1. The van der Waals surface area contributed by atoms with Crippen LogP contribution in [0.15, 0.2) is 18.2 Å². The molecule has 1 atom stereocenters. The Morgan fingerprint density at radius 1 is 1.32 bits per heavy atom. The second-order valence-electron chi connectivity index (χ2n) is 7.51. The number of rotatable bonds is 3. The maximum Gasteiger partial charge on any atom is 0.261 e. The van der Waals surface area contributed by atoms with Crippen LogP contribution in [-0.4, -0.2) is 42.6 Å². The Morgan fingerprint density at radius 3 is 2.76 bits per heavy atom. The monoisotopic (exact) mass is 360 g/mol. The highest BCUT2D eigenvalue weighted by molar-refractivity contribution is 7.20. The molecule has 0 radical (unpaired) electrons. The molecule has 4 nitrogen and oxygen atoms in total. The topological polar surface area (TPSA) is 41.6 Å². The third-order valence-corrected chi connectivity index (χ3v) is 7.38. The molecule has 6 rings (SSSR count). The number of halogens is 1. The number of ether oxygens (including phenoxy) is 1. The van der Waals surface area contributed by atoms with E-state index < -0.39 is 5.82 Å². The van der Waals surface area contributed by atoms with E-state index in [9.17, 15) is 9.18 Å². The number of carbonyl (C=O) groups is 1. The lowest BCUT2D eigenvalue weighted by molar-refractivity contribution is -0.00138. The number of hydrogen-bond acceptors (Lipinski definition) is 4. The normalized spacial score (nSPS) is 29.1. The number of fused-ring (bicyclic) bond motifs is 3. The fourth-order valence-electron chi connectivity index (χ4n) is 4.84. The summed E-state index contributed by atoms with van der Waals surface area (Å²) in [5, 5.41) is 4.08. The third-order valence-electron chi connectivity index (χ3n) is 6.28. The van der Waals surface area contributed by atoms with Crippen molar-refractivity contribution in [2.75, 3.05) is 20.2 Å². The van der Waals surface area contributed by atoms with Crippen LogP contribution in [0, 0.1) is 11.7 Å². The molecule has 1 spiro atoms. The van der Waals surface area contributed by atoms with E-state index in [4.69, 9.17) is 4.74 Å². The van der Waals surface area contributed by atoms with Gasteiger partial charge in [-0.25, -0.2) is 4.39 Å². The minimum absolute atomic E-state index is 0.0226. The van der Waals surface area contributed by atoms with E-state index in [1.807, 2.05) is 0 Å². The summed E-state index contributed by atoms with van der Waals surface area (Å²) < 4.78 is 19.8. The van der Waals surface area contributed by atoms with Crippen molar-refractivity contribution in [1.29, 1.82) is 0 Å². The van der Waals surface area contributed by atoms with Gasteiger partial charge in [-0.15, -0.1) is 11.3 Å². The van der Waals surface area contributed by atoms with Crippen molar-refractivity contribution in [3.63, 3.8) is 0 Å². The number of nitrogens with one attached hydrogen (secondary N) is 1. The maximum absolute atomic E-state index is 13.9. The van der Waals surface area contributed by atoms with Gasteiger partial charge in [-0.1, -0.05) is 0 Å². The number of methoxy groups -OCH3 is 1. The van der Waals surface area contributed by atoms with Gasteiger partial charge in [-0.2, -0.15) is 0 Å². The van der Waals surface area contributed by atoms with E-state index in [0.717, 1.165) is 10.1 Å². The van der Waals surface area contributed by atoms with Crippen LogP contribution in [0.2, 0.25) is 0 Å². The Kier molecular flexibility index (Phi) is 3.38. The quantitative estimate of drug-likeness (QED) is 0.912. The molecule has 1 aliphatic carbocycles.